The Balaban J connectivity index is 1.46. The maximum absolute atomic E-state index is 12.0. The van der Waals surface area contributed by atoms with Crippen molar-refractivity contribution in [2.75, 3.05) is 17.6 Å². The van der Waals surface area contributed by atoms with E-state index in [-0.39, 0.29) is 24.1 Å². The summed E-state index contributed by atoms with van der Waals surface area (Å²) in [5, 5.41) is 7.71. The van der Waals surface area contributed by atoms with Gasteiger partial charge >= 0.3 is 0 Å². The Morgan fingerprint density at radius 1 is 0.885 bits per heavy atom. The SMILES string of the molecule is O=C(CSc1ccc2ccccc2c1)NCC(=O)Nc1ccccc1Br. The fourth-order valence-electron chi connectivity index (χ4n) is 2.39. The lowest BCUT2D eigenvalue weighted by molar-refractivity contribution is -0.122. The number of benzene rings is 3. The molecule has 2 amide bonds. The first-order chi connectivity index (χ1) is 12.6. The number of carbonyl (C=O) groups is 2. The van der Waals surface area contributed by atoms with E-state index in [4.69, 9.17) is 0 Å². The third-order valence-electron chi connectivity index (χ3n) is 3.68. The zero-order valence-electron chi connectivity index (χ0n) is 13.9. The fourth-order valence-corrected chi connectivity index (χ4v) is 3.55. The lowest BCUT2D eigenvalue weighted by Gasteiger charge is -2.08. The minimum Gasteiger partial charge on any atom is -0.346 e. The van der Waals surface area contributed by atoms with Crippen LogP contribution in [0.3, 0.4) is 0 Å². The van der Waals surface area contributed by atoms with E-state index in [1.54, 1.807) is 6.07 Å². The van der Waals surface area contributed by atoms with Crippen molar-refractivity contribution in [3.8, 4) is 0 Å². The van der Waals surface area contributed by atoms with Crippen LogP contribution in [-0.2, 0) is 9.59 Å². The van der Waals surface area contributed by atoms with Crippen LogP contribution < -0.4 is 10.6 Å². The number of fused-ring (bicyclic) bond motifs is 1. The number of nitrogens with one attached hydrogen (secondary N) is 2. The number of rotatable bonds is 6. The molecule has 6 heteroatoms. The molecule has 0 aromatic heterocycles. The number of halogens is 1. The molecule has 0 spiro atoms. The molecule has 0 saturated heterocycles. The summed E-state index contributed by atoms with van der Waals surface area (Å²) in [6, 6.07) is 21.5. The van der Waals surface area contributed by atoms with Gasteiger partial charge in [0.1, 0.15) is 0 Å². The highest BCUT2D eigenvalue weighted by molar-refractivity contribution is 9.10. The second-order valence-electron chi connectivity index (χ2n) is 5.60. The Hall–Kier alpha value is -2.31. The van der Waals surface area contributed by atoms with Crippen molar-refractivity contribution >= 4 is 56.0 Å². The molecule has 0 atom stereocenters. The van der Waals surface area contributed by atoms with E-state index in [1.807, 2.05) is 48.5 Å². The standard InChI is InChI=1S/C20H17BrN2O2S/c21-17-7-3-4-8-18(17)23-19(24)12-22-20(25)13-26-16-10-9-14-5-1-2-6-15(14)11-16/h1-11H,12-13H2,(H,22,25)(H,23,24). The second kappa shape index (κ2) is 8.87. The zero-order valence-corrected chi connectivity index (χ0v) is 16.3. The highest BCUT2D eigenvalue weighted by atomic mass is 79.9. The smallest absolute Gasteiger partial charge is 0.243 e. The summed E-state index contributed by atoms with van der Waals surface area (Å²) in [5.74, 6) is -0.174. The second-order valence-corrected chi connectivity index (χ2v) is 7.51. The van der Waals surface area contributed by atoms with E-state index in [2.05, 4.69) is 38.7 Å². The topological polar surface area (TPSA) is 58.2 Å². The summed E-state index contributed by atoms with van der Waals surface area (Å²) in [7, 11) is 0. The van der Waals surface area contributed by atoms with Gasteiger partial charge in [0.05, 0.1) is 18.0 Å². The Morgan fingerprint density at radius 2 is 1.62 bits per heavy atom. The Morgan fingerprint density at radius 3 is 2.42 bits per heavy atom. The van der Waals surface area contributed by atoms with Crippen LogP contribution in [0.15, 0.2) is 76.1 Å². The van der Waals surface area contributed by atoms with Crippen LogP contribution in [0.1, 0.15) is 0 Å². The summed E-state index contributed by atoms with van der Waals surface area (Å²) >= 11 is 4.82. The first-order valence-electron chi connectivity index (χ1n) is 8.04. The monoisotopic (exact) mass is 428 g/mol. The zero-order chi connectivity index (χ0) is 18.4. The summed E-state index contributed by atoms with van der Waals surface area (Å²) in [4.78, 5) is 24.9. The highest BCUT2D eigenvalue weighted by Gasteiger charge is 2.08. The average Bonchev–Trinajstić information content (AvgIpc) is 2.66. The Kier molecular flexibility index (Phi) is 6.30. The maximum Gasteiger partial charge on any atom is 0.243 e. The minimum atomic E-state index is -0.263. The largest absolute Gasteiger partial charge is 0.346 e. The fraction of sp³-hybridized carbons (Fsp3) is 0.100. The van der Waals surface area contributed by atoms with Gasteiger partial charge in [0.15, 0.2) is 0 Å². The van der Waals surface area contributed by atoms with E-state index in [0.29, 0.717) is 5.69 Å². The van der Waals surface area contributed by atoms with Crippen LogP contribution >= 0.6 is 27.7 Å². The van der Waals surface area contributed by atoms with Crippen molar-refractivity contribution in [2.45, 2.75) is 4.90 Å². The molecular formula is C20H17BrN2O2S. The van der Waals surface area contributed by atoms with Gasteiger partial charge in [-0.05, 0) is 51.0 Å². The van der Waals surface area contributed by atoms with Crippen LogP contribution in [0.4, 0.5) is 5.69 Å². The molecule has 0 aliphatic carbocycles. The van der Waals surface area contributed by atoms with Crippen molar-refractivity contribution in [2.24, 2.45) is 0 Å². The van der Waals surface area contributed by atoms with Crippen molar-refractivity contribution in [1.29, 1.82) is 0 Å². The summed E-state index contributed by atoms with van der Waals surface area (Å²) in [6.07, 6.45) is 0. The van der Waals surface area contributed by atoms with Crippen molar-refractivity contribution in [1.82, 2.24) is 5.32 Å². The molecule has 0 aliphatic rings. The van der Waals surface area contributed by atoms with E-state index in [9.17, 15) is 9.59 Å². The van der Waals surface area contributed by atoms with Gasteiger partial charge in [0, 0.05) is 9.37 Å². The molecule has 0 bridgehead atoms. The van der Waals surface area contributed by atoms with E-state index in [0.717, 1.165) is 14.8 Å². The molecule has 2 N–H and O–H groups in total. The quantitative estimate of drug-likeness (QED) is 0.570. The molecule has 0 unspecified atom stereocenters. The van der Waals surface area contributed by atoms with E-state index >= 15 is 0 Å². The molecule has 4 nitrogen and oxygen atoms in total. The van der Waals surface area contributed by atoms with Gasteiger partial charge in [0.2, 0.25) is 11.8 Å². The number of thioether (sulfide) groups is 1. The molecule has 0 radical (unpaired) electrons. The van der Waals surface area contributed by atoms with Crippen LogP contribution in [-0.4, -0.2) is 24.1 Å². The number of carbonyl (C=O) groups excluding carboxylic acids is 2. The molecular weight excluding hydrogens is 412 g/mol. The first kappa shape index (κ1) is 18.5. The van der Waals surface area contributed by atoms with Gasteiger partial charge in [0.25, 0.3) is 0 Å². The van der Waals surface area contributed by atoms with Crippen LogP contribution in [0.5, 0.6) is 0 Å². The number of amides is 2. The first-order valence-corrected chi connectivity index (χ1v) is 9.82. The predicted molar refractivity (Wildman–Crippen MR) is 110 cm³/mol. The summed E-state index contributed by atoms with van der Waals surface area (Å²) < 4.78 is 0.798. The van der Waals surface area contributed by atoms with Crippen LogP contribution in [0.25, 0.3) is 10.8 Å². The van der Waals surface area contributed by atoms with E-state index in [1.165, 1.54) is 17.1 Å². The number of para-hydroxylation sites is 1. The Labute approximate surface area is 164 Å². The molecule has 0 aliphatic heterocycles. The summed E-state index contributed by atoms with van der Waals surface area (Å²) in [6.45, 7) is -0.0571. The third-order valence-corrected chi connectivity index (χ3v) is 5.37. The minimum absolute atomic E-state index is 0.0571. The van der Waals surface area contributed by atoms with Gasteiger partial charge in [-0.2, -0.15) is 0 Å². The van der Waals surface area contributed by atoms with Crippen molar-refractivity contribution in [3.05, 3.63) is 71.2 Å². The molecule has 0 heterocycles. The average molecular weight is 429 g/mol. The van der Waals surface area contributed by atoms with E-state index < -0.39 is 0 Å². The molecule has 3 aromatic carbocycles. The van der Waals surface area contributed by atoms with Gasteiger partial charge in [-0.1, -0.05) is 42.5 Å². The lowest BCUT2D eigenvalue weighted by atomic mass is 10.1. The van der Waals surface area contributed by atoms with Crippen molar-refractivity contribution in [3.63, 3.8) is 0 Å². The van der Waals surface area contributed by atoms with Crippen molar-refractivity contribution < 1.29 is 9.59 Å². The van der Waals surface area contributed by atoms with Crippen LogP contribution in [0, 0.1) is 0 Å². The van der Waals surface area contributed by atoms with Gasteiger partial charge < -0.3 is 10.6 Å². The van der Waals surface area contributed by atoms with Gasteiger partial charge in [-0.15, -0.1) is 11.8 Å². The molecule has 26 heavy (non-hydrogen) atoms. The molecule has 0 saturated carbocycles. The predicted octanol–water partition coefficient (Wildman–Crippen LogP) is 4.45. The Bertz CT molecular complexity index is 946. The third kappa shape index (κ3) is 5.09. The molecule has 3 aromatic rings. The normalized spacial score (nSPS) is 10.5. The molecule has 3 rings (SSSR count). The number of anilines is 1. The highest BCUT2D eigenvalue weighted by Crippen LogP contribution is 2.23. The number of hydrogen-bond donors (Lipinski definition) is 2. The van der Waals surface area contributed by atoms with Gasteiger partial charge in [-0.25, -0.2) is 0 Å². The molecule has 132 valence electrons. The van der Waals surface area contributed by atoms with Crippen LogP contribution in [0.2, 0.25) is 0 Å². The molecule has 0 fully saturated rings. The number of hydrogen-bond acceptors (Lipinski definition) is 3. The lowest BCUT2D eigenvalue weighted by Crippen LogP contribution is -2.33. The maximum atomic E-state index is 12.0. The summed E-state index contributed by atoms with van der Waals surface area (Å²) in [5.41, 5.74) is 0.678. The van der Waals surface area contributed by atoms with Gasteiger partial charge in [-0.3, -0.25) is 9.59 Å².